The molecule has 26 heavy (non-hydrogen) atoms. The molecule has 10 heteroatoms. The lowest BCUT2D eigenvalue weighted by Crippen LogP contribution is -2.09. The summed E-state index contributed by atoms with van der Waals surface area (Å²) in [6, 6.07) is 9.66. The lowest BCUT2D eigenvalue weighted by atomic mass is 10.2. The van der Waals surface area contributed by atoms with E-state index in [2.05, 4.69) is 20.5 Å². The van der Waals surface area contributed by atoms with E-state index in [0.717, 1.165) is 10.6 Å². The molecule has 0 unspecified atom stereocenters. The average Bonchev–Trinajstić information content (AvgIpc) is 3.31. The molecule has 0 aliphatic carbocycles. The van der Waals surface area contributed by atoms with Gasteiger partial charge in [-0.05, 0) is 6.92 Å². The lowest BCUT2D eigenvalue weighted by molar-refractivity contribution is -0.139. The van der Waals surface area contributed by atoms with Crippen LogP contribution in [0.3, 0.4) is 0 Å². The molecule has 0 spiro atoms. The summed E-state index contributed by atoms with van der Waals surface area (Å²) < 4.78 is 5.44. The minimum Gasteiger partial charge on any atom is -0.465 e. The molecule has 0 aliphatic rings. The number of carbonyl (C=O) groups is 2. The van der Waals surface area contributed by atoms with Crippen LogP contribution in [-0.4, -0.2) is 39.4 Å². The number of hydrogen-bond donors (Lipinski definition) is 1. The van der Waals surface area contributed by atoms with Crippen LogP contribution in [0.4, 0.5) is 5.13 Å². The van der Waals surface area contributed by atoms with Crippen molar-refractivity contribution in [3.05, 3.63) is 41.4 Å². The Balaban J connectivity index is 1.59. The summed E-state index contributed by atoms with van der Waals surface area (Å²) in [5.41, 5.74) is 0.963. The zero-order valence-corrected chi connectivity index (χ0v) is 16.1. The molecule has 2 heterocycles. The molecule has 1 amide bonds. The number of thiazole rings is 1. The summed E-state index contributed by atoms with van der Waals surface area (Å²) in [6.45, 7) is 2.10. The Bertz CT molecular complexity index is 895. The third kappa shape index (κ3) is 4.87. The van der Waals surface area contributed by atoms with Gasteiger partial charge in [0.2, 0.25) is 5.13 Å². The number of aromatic nitrogens is 3. The summed E-state index contributed by atoms with van der Waals surface area (Å²) >= 11 is 3.73. The van der Waals surface area contributed by atoms with E-state index in [-0.39, 0.29) is 17.6 Å². The van der Waals surface area contributed by atoms with Crippen molar-refractivity contribution in [3.63, 3.8) is 0 Å². The van der Waals surface area contributed by atoms with Gasteiger partial charge < -0.3 is 4.74 Å². The Kier molecular flexibility index (Phi) is 6.31. The second kappa shape index (κ2) is 8.88. The van der Waals surface area contributed by atoms with Crippen molar-refractivity contribution in [1.82, 2.24) is 15.2 Å². The zero-order valence-electron chi connectivity index (χ0n) is 13.7. The van der Waals surface area contributed by atoms with E-state index in [1.165, 1.54) is 34.4 Å². The van der Waals surface area contributed by atoms with E-state index in [0.29, 0.717) is 21.0 Å². The molecule has 0 saturated carbocycles. The van der Waals surface area contributed by atoms with Crippen molar-refractivity contribution in [3.8, 4) is 10.6 Å². The van der Waals surface area contributed by atoms with E-state index in [1.807, 2.05) is 30.3 Å². The SMILES string of the molecule is CCOC(=O)CSc1nnc(NC(=O)c2cnc(-c3ccccc3)s2)s1. The quantitative estimate of drug-likeness (QED) is 0.364. The minimum atomic E-state index is -0.309. The number of hydrogen-bond acceptors (Lipinski definition) is 9. The van der Waals surface area contributed by atoms with Gasteiger partial charge in [0.05, 0.1) is 18.6 Å². The number of amides is 1. The van der Waals surface area contributed by atoms with Crippen molar-refractivity contribution < 1.29 is 14.3 Å². The lowest BCUT2D eigenvalue weighted by Gasteiger charge is -1.98. The van der Waals surface area contributed by atoms with Gasteiger partial charge in [0.25, 0.3) is 5.91 Å². The predicted octanol–water partition coefficient (Wildman–Crippen LogP) is 3.57. The molecule has 0 aliphatic heterocycles. The number of ether oxygens (including phenoxy) is 1. The molecule has 0 bridgehead atoms. The second-order valence-corrected chi connectivity index (χ2v) is 8.05. The first kappa shape index (κ1) is 18.5. The first-order valence-electron chi connectivity index (χ1n) is 7.60. The monoisotopic (exact) mass is 406 g/mol. The summed E-state index contributed by atoms with van der Waals surface area (Å²) in [5, 5.41) is 11.7. The van der Waals surface area contributed by atoms with Crippen LogP contribution in [0.15, 0.2) is 40.9 Å². The second-order valence-electron chi connectivity index (χ2n) is 4.82. The van der Waals surface area contributed by atoms with Gasteiger partial charge in [-0.2, -0.15) is 0 Å². The maximum Gasteiger partial charge on any atom is 0.316 e. The van der Waals surface area contributed by atoms with Gasteiger partial charge >= 0.3 is 5.97 Å². The van der Waals surface area contributed by atoms with Crippen molar-refractivity contribution in [1.29, 1.82) is 0 Å². The normalized spacial score (nSPS) is 10.5. The molecule has 3 rings (SSSR count). The van der Waals surface area contributed by atoms with Crippen LogP contribution in [0.1, 0.15) is 16.6 Å². The molecule has 2 aromatic heterocycles. The van der Waals surface area contributed by atoms with Crippen molar-refractivity contribution in [2.24, 2.45) is 0 Å². The van der Waals surface area contributed by atoms with Crippen LogP contribution in [0.25, 0.3) is 10.6 Å². The fourth-order valence-electron chi connectivity index (χ4n) is 1.89. The third-order valence-corrected chi connectivity index (χ3v) is 5.99. The Morgan fingerprint density at radius 1 is 1.19 bits per heavy atom. The molecule has 1 N–H and O–H groups in total. The number of nitrogens with zero attached hydrogens (tertiary/aromatic N) is 3. The smallest absolute Gasteiger partial charge is 0.316 e. The van der Waals surface area contributed by atoms with Crippen LogP contribution < -0.4 is 5.32 Å². The summed E-state index contributed by atoms with van der Waals surface area (Å²) in [4.78, 5) is 28.5. The zero-order chi connectivity index (χ0) is 18.4. The van der Waals surface area contributed by atoms with Crippen LogP contribution in [0.5, 0.6) is 0 Å². The number of benzene rings is 1. The Hall–Kier alpha value is -2.30. The van der Waals surface area contributed by atoms with Crippen LogP contribution in [-0.2, 0) is 9.53 Å². The number of nitrogens with one attached hydrogen (secondary N) is 1. The molecular formula is C16H14N4O3S3. The fraction of sp³-hybridized carbons (Fsp3) is 0.188. The largest absolute Gasteiger partial charge is 0.465 e. The molecule has 0 fully saturated rings. The number of esters is 1. The van der Waals surface area contributed by atoms with E-state index in [1.54, 1.807) is 13.1 Å². The van der Waals surface area contributed by atoms with Crippen molar-refractivity contribution >= 4 is 51.4 Å². The minimum absolute atomic E-state index is 0.158. The number of carbonyl (C=O) groups excluding carboxylic acids is 2. The first-order valence-corrected chi connectivity index (χ1v) is 10.2. The molecule has 3 aromatic rings. The Morgan fingerprint density at radius 2 is 2.00 bits per heavy atom. The highest BCUT2D eigenvalue weighted by Crippen LogP contribution is 2.28. The predicted molar refractivity (Wildman–Crippen MR) is 103 cm³/mol. The van der Waals surface area contributed by atoms with Crippen LogP contribution in [0.2, 0.25) is 0 Å². The van der Waals surface area contributed by atoms with Gasteiger partial charge in [-0.15, -0.1) is 21.5 Å². The first-order chi connectivity index (χ1) is 12.7. The maximum absolute atomic E-state index is 12.3. The van der Waals surface area contributed by atoms with Crippen molar-refractivity contribution in [2.45, 2.75) is 11.3 Å². The molecule has 7 nitrogen and oxygen atoms in total. The molecule has 0 atom stereocenters. The van der Waals surface area contributed by atoms with Gasteiger partial charge in [-0.3, -0.25) is 14.9 Å². The fourth-order valence-corrected chi connectivity index (χ4v) is 4.26. The van der Waals surface area contributed by atoms with Crippen LogP contribution in [0, 0.1) is 0 Å². The van der Waals surface area contributed by atoms with Crippen molar-refractivity contribution in [2.75, 3.05) is 17.7 Å². The van der Waals surface area contributed by atoms with Gasteiger partial charge in [0, 0.05) is 5.56 Å². The van der Waals surface area contributed by atoms with Gasteiger partial charge in [0.15, 0.2) is 4.34 Å². The van der Waals surface area contributed by atoms with E-state index >= 15 is 0 Å². The maximum atomic E-state index is 12.3. The summed E-state index contributed by atoms with van der Waals surface area (Å²) in [6.07, 6.45) is 1.54. The summed E-state index contributed by atoms with van der Waals surface area (Å²) in [5.74, 6) is -0.440. The number of rotatable bonds is 7. The topological polar surface area (TPSA) is 94.1 Å². The van der Waals surface area contributed by atoms with E-state index in [9.17, 15) is 9.59 Å². The molecular weight excluding hydrogens is 392 g/mol. The summed E-state index contributed by atoms with van der Waals surface area (Å²) in [7, 11) is 0. The molecule has 1 aromatic carbocycles. The third-order valence-electron chi connectivity index (χ3n) is 3.00. The van der Waals surface area contributed by atoms with Crippen LogP contribution >= 0.6 is 34.4 Å². The molecule has 0 radical (unpaired) electrons. The number of anilines is 1. The molecule has 134 valence electrons. The molecule has 0 saturated heterocycles. The standard InChI is InChI=1S/C16H14N4O3S3/c1-2-23-12(21)9-24-16-20-19-15(26-16)18-13(22)11-8-17-14(25-11)10-6-4-3-5-7-10/h3-8H,2,9H2,1H3,(H,18,19,22). The van der Waals surface area contributed by atoms with Gasteiger partial charge in [-0.1, -0.05) is 53.4 Å². The van der Waals surface area contributed by atoms with E-state index < -0.39 is 0 Å². The van der Waals surface area contributed by atoms with E-state index in [4.69, 9.17) is 4.74 Å². The van der Waals surface area contributed by atoms with Gasteiger partial charge in [0.1, 0.15) is 9.88 Å². The highest BCUT2D eigenvalue weighted by atomic mass is 32.2. The van der Waals surface area contributed by atoms with Gasteiger partial charge in [-0.25, -0.2) is 4.98 Å². The number of thioether (sulfide) groups is 1. The highest BCUT2D eigenvalue weighted by molar-refractivity contribution is 8.01. The Labute approximate surface area is 161 Å². The Morgan fingerprint density at radius 3 is 2.77 bits per heavy atom. The highest BCUT2D eigenvalue weighted by Gasteiger charge is 2.15. The average molecular weight is 407 g/mol.